The van der Waals surface area contributed by atoms with Crippen LogP contribution in [0.1, 0.15) is 5.56 Å². The number of hydrogen-bond donors (Lipinski definition) is 3. The van der Waals surface area contributed by atoms with Gasteiger partial charge < -0.3 is 16.1 Å². The van der Waals surface area contributed by atoms with Gasteiger partial charge in [-0.1, -0.05) is 0 Å². The molecule has 0 fully saturated rings. The van der Waals surface area contributed by atoms with E-state index in [2.05, 4.69) is 15.5 Å². The maximum absolute atomic E-state index is 8.04. The minimum atomic E-state index is 0.400. The van der Waals surface area contributed by atoms with E-state index in [-0.39, 0.29) is 0 Å². The molecule has 0 amide bonds. The van der Waals surface area contributed by atoms with Gasteiger partial charge in [0.05, 0.1) is 17.9 Å². The van der Waals surface area contributed by atoms with Crippen LogP contribution in [0.3, 0.4) is 0 Å². The van der Waals surface area contributed by atoms with Gasteiger partial charge in [-0.15, -0.1) is 0 Å². The Hall–Kier alpha value is -2.11. The van der Waals surface area contributed by atoms with Crippen molar-refractivity contribution in [2.45, 2.75) is 0 Å². The second-order valence-electron chi connectivity index (χ2n) is 3.61. The number of fused-ring (bicyclic) bond motifs is 1. The molecule has 0 radical (unpaired) electrons. The largest absolute Gasteiger partial charge is 0.382 e. The molecule has 6 heteroatoms. The van der Waals surface area contributed by atoms with Gasteiger partial charge in [0.1, 0.15) is 11.5 Å². The molecule has 4 N–H and O–H groups in total. The summed E-state index contributed by atoms with van der Waals surface area (Å²) in [4.78, 5) is 5.98. The topological polar surface area (TPSA) is 90.4 Å². The van der Waals surface area contributed by atoms with Crippen molar-refractivity contribution in [1.82, 2.24) is 10.4 Å². The van der Waals surface area contributed by atoms with Gasteiger partial charge in [-0.3, -0.25) is 5.41 Å². The summed E-state index contributed by atoms with van der Waals surface area (Å²) in [6.07, 6.45) is 1.61. The first-order valence-corrected chi connectivity index (χ1v) is 4.93. The molecule has 2 rings (SSSR count). The predicted molar refractivity (Wildman–Crippen MR) is 65.2 cm³/mol. The summed E-state index contributed by atoms with van der Waals surface area (Å²) in [5.74, 6) is 0.452. The highest BCUT2D eigenvalue weighted by Crippen LogP contribution is 2.28. The van der Waals surface area contributed by atoms with Gasteiger partial charge in [0.25, 0.3) is 0 Å². The van der Waals surface area contributed by atoms with Crippen LogP contribution in [-0.4, -0.2) is 37.0 Å². The molecule has 1 aliphatic heterocycles. The van der Waals surface area contributed by atoms with Crippen LogP contribution in [-0.2, 0) is 0 Å². The molecular formula is C10H14N6. The molecule has 0 saturated carbocycles. The molecule has 0 spiro atoms. The highest BCUT2D eigenvalue weighted by atomic mass is 15.3. The van der Waals surface area contributed by atoms with Crippen molar-refractivity contribution < 1.29 is 0 Å². The average molecular weight is 218 g/mol. The van der Waals surface area contributed by atoms with Gasteiger partial charge in [-0.05, 0) is 6.07 Å². The minimum absolute atomic E-state index is 0.400. The summed E-state index contributed by atoms with van der Waals surface area (Å²) >= 11 is 0. The molecule has 1 aromatic rings. The van der Waals surface area contributed by atoms with Crippen molar-refractivity contribution in [3.63, 3.8) is 0 Å². The van der Waals surface area contributed by atoms with Gasteiger partial charge in [-0.2, -0.15) is 5.10 Å². The fraction of sp³-hybridized carbons (Fsp3) is 0.300. The van der Waals surface area contributed by atoms with Crippen LogP contribution in [0.25, 0.3) is 0 Å². The summed E-state index contributed by atoms with van der Waals surface area (Å²) in [6, 6.07) is 1.79. The van der Waals surface area contributed by atoms with E-state index in [0.29, 0.717) is 23.8 Å². The molecule has 1 aromatic heterocycles. The zero-order chi connectivity index (χ0) is 11.7. The van der Waals surface area contributed by atoms with Crippen LogP contribution in [0.15, 0.2) is 17.4 Å². The van der Waals surface area contributed by atoms with E-state index >= 15 is 0 Å². The number of hydrogen-bond acceptors (Lipinski definition) is 6. The normalized spacial score (nSPS) is 17.5. The maximum atomic E-state index is 8.04. The molecule has 0 atom stereocenters. The maximum Gasteiger partial charge on any atom is 0.147 e. The van der Waals surface area contributed by atoms with Crippen molar-refractivity contribution in [3.05, 3.63) is 17.8 Å². The highest BCUT2D eigenvalue weighted by molar-refractivity contribution is 6.50. The summed E-state index contributed by atoms with van der Waals surface area (Å²) in [6.45, 7) is 0.558. The molecule has 84 valence electrons. The third kappa shape index (κ3) is 1.48. The Morgan fingerprint density at radius 3 is 3.06 bits per heavy atom. The number of anilines is 2. The summed E-state index contributed by atoms with van der Waals surface area (Å²) in [5.41, 5.74) is 11.2. The van der Waals surface area contributed by atoms with E-state index in [1.54, 1.807) is 19.3 Å². The van der Waals surface area contributed by atoms with Crippen molar-refractivity contribution in [1.29, 1.82) is 5.41 Å². The van der Waals surface area contributed by atoms with Crippen molar-refractivity contribution in [2.24, 2.45) is 5.10 Å². The smallest absolute Gasteiger partial charge is 0.147 e. The molecule has 16 heavy (non-hydrogen) atoms. The first-order chi connectivity index (χ1) is 7.65. The van der Waals surface area contributed by atoms with Gasteiger partial charge in [0.15, 0.2) is 0 Å². The lowest BCUT2D eigenvalue weighted by molar-refractivity contribution is 0.890. The van der Waals surface area contributed by atoms with Crippen LogP contribution in [0, 0.1) is 5.41 Å². The Labute approximate surface area is 93.7 Å². The lowest BCUT2D eigenvalue weighted by atomic mass is 9.99. The molecule has 0 saturated heterocycles. The Kier molecular flexibility index (Phi) is 2.47. The molecule has 0 unspecified atom stereocenters. The predicted octanol–water partition coefficient (Wildman–Crippen LogP) is 0.0569. The van der Waals surface area contributed by atoms with Crippen LogP contribution < -0.4 is 16.1 Å². The molecule has 6 nitrogen and oxygen atoms in total. The lowest BCUT2D eigenvalue weighted by Gasteiger charge is -2.29. The fourth-order valence-electron chi connectivity index (χ4n) is 1.84. The Balaban J connectivity index is 2.56. The molecule has 2 heterocycles. The van der Waals surface area contributed by atoms with Crippen molar-refractivity contribution >= 4 is 22.9 Å². The second kappa shape index (κ2) is 3.80. The van der Waals surface area contributed by atoms with Crippen LogP contribution >= 0.6 is 0 Å². The van der Waals surface area contributed by atoms with Gasteiger partial charge >= 0.3 is 0 Å². The molecule has 0 bridgehead atoms. The Bertz CT molecular complexity index is 464. The monoisotopic (exact) mass is 218 g/mol. The fourth-order valence-corrected chi connectivity index (χ4v) is 1.84. The molecule has 1 aliphatic rings. The highest BCUT2D eigenvalue weighted by Gasteiger charge is 2.25. The first-order valence-electron chi connectivity index (χ1n) is 4.93. The quantitative estimate of drug-likeness (QED) is 0.581. The number of nitrogen functional groups attached to an aromatic ring is 1. The van der Waals surface area contributed by atoms with Gasteiger partial charge in [0, 0.05) is 25.9 Å². The second-order valence-corrected chi connectivity index (χ2v) is 3.61. The lowest BCUT2D eigenvalue weighted by Crippen LogP contribution is -2.38. The summed E-state index contributed by atoms with van der Waals surface area (Å²) in [7, 11) is 3.63. The Morgan fingerprint density at radius 1 is 1.62 bits per heavy atom. The number of nitrogens with one attached hydrogen (secondary N) is 2. The van der Waals surface area contributed by atoms with Gasteiger partial charge in [-0.25, -0.2) is 4.98 Å². The zero-order valence-corrected chi connectivity index (χ0v) is 9.28. The number of hydrazone groups is 1. The van der Waals surface area contributed by atoms with Crippen LogP contribution in [0.4, 0.5) is 11.5 Å². The van der Waals surface area contributed by atoms with Crippen molar-refractivity contribution in [2.75, 3.05) is 31.3 Å². The Morgan fingerprint density at radius 2 is 2.38 bits per heavy atom. The standard InChI is InChI=1S/C10H14N6/c1-13-15-7-5-16(2)9-6(8(7)11)3-4-14-10(9)12/h3-4,11,13H,5H2,1-2H3,(H2,12,14)/b11-8?,15-7-. The third-order valence-corrected chi connectivity index (χ3v) is 2.53. The van der Waals surface area contributed by atoms with Gasteiger partial charge in [0.2, 0.25) is 0 Å². The summed E-state index contributed by atoms with van der Waals surface area (Å²) in [5, 5.41) is 12.1. The van der Waals surface area contributed by atoms with E-state index in [1.165, 1.54) is 0 Å². The molecule has 0 aliphatic carbocycles. The van der Waals surface area contributed by atoms with Crippen LogP contribution in [0.2, 0.25) is 0 Å². The van der Waals surface area contributed by atoms with Crippen molar-refractivity contribution in [3.8, 4) is 0 Å². The zero-order valence-electron chi connectivity index (χ0n) is 9.28. The third-order valence-electron chi connectivity index (χ3n) is 2.53. The number of rotatable bonds is 1. The number of aromatic nitrogens is 1. The SMILES string of the molecule is CN/N=C1/CN(C)c2c(ccnc2N)C1=N. The van der Waals surface area contributed by atoms with E-state index < -0.39 is 0 Å². The first kappa shape index (κ1) is 10.4. The molecular weight excluding hydrogens is 204 g/mol. The number of pyridine rings is 1. The van der Waals surface area contributed by atoms with Crippen LogP contribution in [0.5, 0.6) is 0 Å². The molecule has 0 aromatic carbocycles. The number of nitrogens with zero attached hydrogens (tertiary/aromatic N) is 3. The average Bonchev–Trinajstić information content (AvgIpc) is 2.25. The summed E-state index contributed by atoms with van der Waals surface area (Å²) < 4.78 is 0. The number of nitrogens with two attached hydrogens (primary N) is 1. The minimum Gasteiger partial charge on any atom is -0.382 e. The van der Waals surface area contributed by atoms with E-state index in [4.69, 9.17) is 11.1 Å². The van der Waals surface area contributed by atoms with E-state index in [9.17, 15) is 0 Å². The van der Waals surface area contributed by atoms with E-state index in [0.717, 1.165) is 11.3 Å². The van der Waals surface area contributed by atoms with E-state index in [1.807, 2.05) is 11.9 Å².